The highest BCUT2D eigenvalue weighted by molar-refractivity contribution is 7.18. The number of amides is 3. The highest BCUT2D eigenvalue weighted by atomic mass is 35.5. The summed E-state index contributed by atoms with van der Waals surface area (Å²) in [5, 5.41) is 6.17. The second kappa shape index (κ2) is 10.2. The zero-order valence-corrected chi connectivity index (χ0v) is 20.4. The number of halogens is 1. The van der Waals surface area contributed by atoms with E-state index in [2.05, 4.69) is 29.4 Å². The summed E-state index contributed by atoms with van der Waals surface area (Å²) < 4.78 is 0.565. The Morgan fingerprint density at radius 3 is 2.24 bits per heavy atom. The van der Waals surface area contributed by atoms with Gasteiger partial charge in [-0.05, 0) is 63.1 Å². The lowest BCUT2D eigenvalue weighted by Gasteiger charge is -2.27. The van der Waals surface area contributed by atoms with Crippen molar-refractivity contribution in [1.82, 2.24) is 15.5 Å². The van der Waals surface area contributed by atoms with Crippen molar-refractivity contribution in [2.24, 2.45) is 0 Å². The van der Waals surface area contributed by atoms with Crippen molar-refractivity contribution >= 4 is 46.3 Å². The van der Waals surface area contributed by atoms with Crippen LogP contribution >= 0.6 is 22.9 Å². The Hall–Kier alpha value is -2.42. The third-order valence-corrected chi connectivity index (χ3v) is 7.50. The Bertz CT molecular complexity index is 1020. The lowest BCUT2D eigenvalue weighted by atomic mass is 10.1. The highest BCUT2D eigenvalue weighted by Gasteiger charge is 2.36. The summed E-state index contributed by atoms with van der Waals surface area (Å²) in [5.41, 5.74) is 1.35. The number of piperidine rings is 1. The third kappa shape index (κ3) is 5.57. The van der Waals surface area contributed by atoms with Crippen LogP contribution in [0, 0.1) is 0 Å². The maximum absolute atomic E-state index is 13.0. The molecule has 4 rings (SSSR count). The van der Waals surface area contributed by atoms with Crippen LogP contribution in [0.1, 0.15) is 53.1 Å². The lowest BCUT2D eigenvalue weighted by molar-refractivity contribution is -0.119. The molecule has 1 aromatic carbocycles. The Kier molecular flexibility index (Phi) is 7.36. The molecule has 176 valence electrons. The number of nitrogens with one attached hydrogen (secondary N) is 2. The number of nitrogens with zero attached hydrogens (tertiary/aromatic N) is 2. The predicted molar refractivity (Wildman–Crippen MR) is 131 cm³/mol. The van der Waals surface area contributed by atoms with Crippen LogP contribution in [0.25, 0.3) is 0 Å². The van der Waals surface area contributed by atoms with Crippen molar-refractivity contribution in [2.75, 3.05) is 24.5 Å². The van der Waals surface area contributed by atoms with Crippen LogP contribution in [-0.2, 0) is 4.79 Å². The van der Waals surface area contributed by atoms with Gasteiger partial charge in [-0.1, -0.05) is 11.6 Å². The van der Waals surface area contributed by atoms with Crippen molar-refractivity contribution in [3.63, 3.8) is 0 Å². The molecule has 0 unspecified atom stereocenters. The quantitative estimate of drug-likeness (QED) is 0.651. The SMILES string of the molecule is CC(C)N1C[C@H](NC(=O)c2ccc(N3CCCCC3=O)cc2)[C@H](NC(=O)c2ccc(Cl)s2)C1. The fraction of sp³-hybridized carbons (Fsp3) is 0.458. The van der Waals surface area contributed by atoms with E-state index in [0.29, 0.717) is 46.9 Å². The topological polar surface area (TPSA) is 81.8 Å². The van der Waals surface area contributed by atoms with Gasteiger partial charge in [-0.3, -0.25) is 19.3 Å². The van der Waals surface area contributed by atoms with Crippen LogP contribution in [0.2, 0.25) is 4.34 Å². The van der Waals surface area contributed by atoms with Gasteiger partial charge in [-0.2, -0.15) is 0 Å². The molecule has 0 bridgehead atoms. The van der Waals surface area contributed by atoms with Gasteiger partial charge in [0.15, 0.2) is 0 Å². The van der Waals surface area contributed by atoms with Gasteiger partial charge in [0.2, 0.25) is 5.91 Å². The van der Waals surface area contributed by atoms with E-state index in [1.165, 1.54) is 11.3 Å². The van der Waals surface area contributed by atoms with Gasteiger partial charge in [0.05, 0.1) is 21.3 Å². The molecule has 2 N–H and O–H groups in total. The molecule has 2 saturated heterocycles. The van der Waals surface area contributed by atoms with Gasteiger partial charge < -0.3 is 15.5 Å². The molecule has 2 atom stereocenters. The molecule has 7 nitrogen and oxygen atoms in total. The first kappa shape index (κ1) is 23.7. The van der Waals surface area contributed by atoms with Crippen LogP contribution in [0.15, 0.2) is 36.4 Å². The fourth-order valence-corrected chi connectivity index (χ4v) is 5.29. The minimum atomic E-state index is -0.220. The first-order chi connectivity index (χ1) is 15.8. The van der Waals surface area contributed by atoms with E-state index in [-0.39, 0.29) is 29.8 Å². The van der Waals surface area contributed by atoms with Crippen LogP contribution in [0.3, 0.4) is 0 Å². The number of likely N-dealkylation sites (tertiary alicyclic amines) is 1. The first-order valence-electron chi connectivity index (χ1n) is 11.3. The van der Waals surface area contributed by atoms with Crippen molar-refractivity contribution in [1.29, 1.82) is 0 Å². The zero-order chi connectivity index (χ0) is 23.5. The standard InChI is InChI=1S/C24H29ClN4O3S/c1-15(2)28-13-18(19(14-28)27-24(32)20-10-11-21(25)33-20)26-23(31)16-6-8-17(9-7-16)29-12-4-3-5-22(29)30/h6-11,15,18-19H,3-5,12-14H2,1-2H3,(H,26,31)(H,27,32)/t18-,19+/m0/s1. The van der Waals surface area contributed by atoms with E-state index in [1.807, 2.05) is 12.1 Å². The van der Waals surface area contributed by atoms with Crippen LogP contribution < -0.4 is 15.5 Å². The van der Waals surface area contributed by atoms with E-state index in [4.69, 9.17) is 11.6 Å². The van der Waals surface area contributed by atoms with Gasteiger partial charge in [0.25, 0.3) is 11.8 Å². The summed E-state index contributed by atoms with van der Waals surface area (Å²) in [4.78, 5) is 42.4. The summed E-state index contributed by atoms with van der Waals surface area (Å²) in [6.45, 7) is 6.23. The number of hydrogen-bond donors (Lipinski definition) is 2. The van der Waals surface area contributed by atoms with E-state index in [9.17, 15) is 14.4 Å². The van der Waals surface area contributed by atoms with Crippen LogP contribution in [0.5, 0.6) is 0 Å². The normalized spacial score (nSPS) is 21.5. The van der Waals surface area contributed by atoms with Gasteiger partial charge in [0, 0.05) is 43.3 Å². The molecule has 2 aliphatic rings. The molecule has 2 aromatic rings. The highest BCUT2D eigenvalue weighted by Crippen LogP contribution is 2.23. The van der Waals surface area contributed by atoms with Crippen LogP contribution in [-0.4, -0.2) is 60.4 Å². The van der Waals surface area contributed by atoms with Crippen molar-refractivity contribution in [3.05, 3.63) is 51.2 Å². The van der Waals surface area contributed by atoms with Gasteiger partial charge in [-0.25, -0.2) is 0 Å². The largest absolute Gasteiger partial charge is 0.346 e. The van der Waals surface area contributed by atoms with Crippen molar-refractivity contribution in [3.8, 4) is 0 Å². The Morgan fingerprint density at radius 2 is 1.67 bits per heavy atom. The monoisotopic (exact) mass is 488 g/mol. The molecule has 1 aromatic heterocycles. The Morgan fingerprint density at radius 1 is 1.00 bits per heavy atom. The van der Waals surface area contributed by atoms with Crippen molar-refractivity contribution < 1.29 is 14.4 Å². The maximum Gasteiger partial charge on any atom is 0.261 e. The Balaban J connectivity index is 1.43. The number of anilines is 1. The second-order valence-corrected chi connectivity index (χ2v) is 10.6. The fourth-order valence-electron chi connectivity index (χ4n) is 4.35. The van der Waals surface area contributed by atoms with E-state index in [1.54, 1.807) is 29.2 Å². The van der Waals surface area contributed by atoms with E-state index < -0.39 is 0 Å². The lowest BCUT2D eigenvalue weighted by Crippen LogP contribution is -2.50. The number of rotatable bonds is 6. The molecule has 3 heterocycles. The maximum atomic E-state index is 13.0. The number of benzene rings is 1. The summed E-state index contributed by atoms with van der Waals surface area (Å²) >= 11 is 7.21. The van der Waals surface area contributed by atoms with Crippen LogP contribution in [0.4, 0.5) is 5.69 Å². The third-order valence-electron chi connectivity index (χ3n) is 6.27. The molecule has 9 heteroatoms. The molecular formula is C24H29ClN4O3S. The number of thiophene rings is 1. The molecule has 0 spiro atoms. The van der Waals surface area contributed by atoms with Crippen molar-refractivity contribution in [2.45, 2.75) is 51.2 Å². The smallest absolute Gasteiger partial charge is 0.261 e. The molecule has 0 saturated carbocycles. The molecule has 0 radical (unpaired) electrons. The van der Waals surface area contributed by atoms with E-state index in [0.717, 1.165) is 18.5 Å². The summed E-state index contributed by atoms with van der Waals surface area (Å²) in [5.74, 6) is -0.248. The first-order valence-corrected chi connectivity index (χ1v) is 12.5. The molecule has 33 heavy (non-hydrogen) atoms. The average Bonchev–Trinajstić information content (AvgIpc) is 3.41. The molecule has 2 fully saturated rings. The number of carbonyl (C=O) groups is 3. The minimum Gasteiger partial charge on any atom is -0.346 e. The number of hydrogen-bond acceptors (Lipinski definition) is 5. The molecular weight excluding hydrogens is 460 g/mol. The molecule has 2 aliphatic heterocycles. The second-order valence-electron chi connectivity index (χ2n) is 8.86. The summed E-state index contributed by atoms with van der Waals surface area (Å²) in [6.07, 6.45) is 2.50. The zero-order valence-electron chi connectivity index (χ0n) is 18.8. The van der Waals surface area contributed by atoms with Gasteiger partial charge in [-0.15, -0.1) is 11.3 Å². The molecule has 3 amide bonds. The Labute approximate surface area is 203 Å². The van der Waals surface area contributed by atoms with Gasteiger partial charge in [0.1, 0.15) is 0 Å². The van der Waals surface area contributed by atoms with E-state index >= 15 is 0 Å². The average molecular weight is 489 g/mol. The summed E-state index contributed by atoms with van der Waals surface area (Å²) in [6, 6.07) is 10.4. The van der Waals surface area contributed by atoms with Gasteiger partial charge >= 0.3 is 0 Å². The summed E-state index contributed by atoms with van der Waals surface area (Å²) in [7, 11) is 0. The predicted octanol–water partition coefficient (Wildman–Crippen LogP) is 3.54. The molecule has 0 aliphatic carbocycles. The number of carbonyl (C=O) groups excluding carboxylic acids is 3. The minimum absolute atomic E-state index is 0.129.